The van der Waals surface area contributed by atoms with Crippen LogP contribution in [0.5, 0.6) is 0 Å². The first-order valence-corrected chi connectivity index (χ1v) is 9.36. The molecule has 162 valence electrons. The van der Waals surface area contributed by atoms with Crippen LogP contribution >= 0.6 is 0 Å². The maximum absolute atomic E-state index is 12.7. The first-order chi connectivity index (χ1) is 14.6. The van der Waals surface area contributed by atoms with Crippen molar-refractivity contribution < 1.29 is 27.5 Å². The van der Waals surface area contributed by atoms with E-state index in [4.69, 9.17) is 4.74 Å². The molecule has 0 spiro atoms. The highest BCUT2D eigenvalue weighted by Crippen LogP contribution is 2.29. The van der Waals surface area contributed by atoms with Gasteiger partial charge in [-0.05, 0) is 35.9 Å². The fourth-order valence-corrected chi connectivity index (χ4v) is 3.08. The van der Waals surface area contributed by atoms with Crippen molar-refractivity contribution in [3.8, 4) is 0 Å². The number of nitrogens with one attached hydrogen (secondary N) is 1. The number of pyridine rings is 1. The Balaban J connectivity index is 1.75. The summed E-state index contributed by atoms with van der Waals surface area (Å²) in [7, 11) is 0. The molecule has 0 aliphatic carbocycles. The van der Waals surface area contributed by atoms with Crippen LogP contribution in [0, 0.1) is 0 Å². The monoisotopic (exact) mass is 432 g/mol. The summed E-state index contributed by atoms with van der Waals surface area (Å²) in [6, 6.07) is 10.9. The zero-order valence-electron chi connectivity index (χ0n) is 16.5. The van der Waals surface area contributed by atoms with E-state index in [1.165, 1.54) is 23.6 Å². The fraction of sp³-hybridized carbons (Fsp3) is 0.227. The van der Waals surface area contributed by atoms with Gasteiger partial charge >= 0.3 is 12.1 Å². The van der Waals surface area contributed by atoms with Crippen molar-refractivity contribution in [2.45, 2.75) is 26.1 Å². The van der Waals surface area contributed by atoms with Crippen LogP contribution in [0.25, 0.3) is 10.8 Å². The van der Waals surface area contributed by atoms with Gasteiger partial charge in [-0.1, -0.05) is 18.2 Å². The maximum atomic E-state index is 12.7. The minimum absolute atomic E-state index is 0.0598. The van der Waals surface area contributed by atoms with Crippen molar-refractivity contribution in [2.75, 3.05) is 11.9 Å². The van der Waals surface area contributed by atoms with Crippen molar-refractivity contribution in [1.82, 2.24) is 4.57 Å². The van der Waals surface area contributed by atoms with Gasteiger partial charge in [0.15, 0.2) is 0 Å². The Labute approximate surface area is 175 Å². The standard InChI is InChI=1S/C22H19F3N2O4/c1-14(28)31-12-11-27-10-9-17-18(21(27)30)3-2-4-19(17)26-20(29)13-15-5-7-16(8-6-15)22(23,24)25/h2-10H,11-13H2,1H3,(H,26,29). The van der Waals surface area contributed by atoms with Gasteiger partial charge in [0.05, 0.1) is 18.5 Å². The number of ether oxygens (including phenoxy) is 1. The summed E-state index contributed by atoms with van der Waals surface area (Å²) in [5.41, 5.74) is -0.239. The second kappa shape index (κ2) is 9.03. The van der Waals surface area contributed by atoms with Crippen molar-refractivity contribution in [3.63, 3.8) is 0 Å². The summed E-state index contributed by atoms with van der Waals surface area (Å²) >= 11 is 0. The average molecular weight is 432 g/mol. The first kappa shape index (κ1) is 22.1. The quantitative estimate of drug-likeness (QED) is 0.602. The topological polar surface area (TPSA) is 77.4 Å². The third kappa shape index (κ3) is 5.50. The molecule has 1 amide bonds. The number of carbonyl (C=O) groups excluding carboxylic acids is 2. The van der Waals surface area contributed by atoms with E-state index in [-0.39, 0.29) is 25.1 Å². The Hall–Kier alpha value is -3.62. The third-order valence-corrected chi connectivity index (χ3v) is 4.58. The lowest BCUT2D eigenvalue weighted by atomic mass is 10.1. The van der Waals surface area contributed by atoms with Crippen LogP contribution in [0.15, 0.2) is 59.5 Å². The van der Waals surface area contributed by atoms with E-state index in [0.717, 1.165) is 12.1 Å². The third-order valence-electron chi connectivity index (χ3n) is 4.58. The smallest absolute Gasteiger partial charge is 0.416 e. The van der Waals surface area contributed by atoms with E-state index in [0.29, 0.717) is 22.0 Å². The minimum Gasteiger partial charge on any atom is -0.464 e. The summed E-state index contributed by atoms with van der Waals surface area (Å²) in [6.45, 7) is 1.53. The molecule has 1 aromatic heterocycles. The molecule has 2 aromatic carbocycles. The number of rotatable bonds is 6. The molecule has 0 fully saturated rings. The van der Waals surface area contributed by atoms with E-state index in [1.54, 1.807) is 30.5 Å². The molecule has 0 atom stereocenters. The summed E-state index contributed by atoms with van der Waals surface area (Å²) < 4.78 is 44.2. The van der Waals surface area contributed by atoms with Gasteiger partial charge in [-0.15, -0.1) is 0 Å². The number of carbonyl (C=O) groups is 2. The lowest BCUT2D eigenvalue weighted by Gasteiger charge is -2.12. The largest absolute Gasteiger partial charge is 0.464 e. The molecule has 1 N–H and O–H groups in total. The van der Waals surface area contributed by atoms with Crippen LogP contribution in [0.1, 0.15) is 18.1 Å². The van der Waals surface area contributed by atoms with Crippen molar-refractivity contribution in [2.24, 2.45) is 0 Å². The van der Waals surface area contributed by atoms with Crippen molar-refractivity contribution >= 4 is 28.3 Å². The molecule has 0 unspecified atom stereocenters. The SMILES string of the molecule is CC(=O)OCCn1ccc2c(NC(=O)Cc3ccc(C(F)(F)F)cc3)cccc2c1=O. The summed E-state index contributed by atoms with van der Waals surface area (Å²) in [4.78, 5) is 35.9. The predicted molar refractivity (Wildman–Crippen MR) is 109 cm³/mol. The number of alkyl halides is 3. The second-order valence-electron chi connectivity index (χ2n) is 6.84. The van der Waals surface area contributed by atoms with Gasteiger partial charge in [-0.25, -0.2) is 0 Å². The molecule has 0 saturated carbocycles. The van der Waals surface area contributed by atoms with Gasteiger partial charge in [0.2, 0.25) is 5.91 Å². The average Bonchev–Trinajstić information content (AvgIpc) is 2.69. The minimum atomic E-state index is -4.44. The van der Waals surface area contributed by atoms with Gasteiger partial charge < -0.3 is 14.6 Å². The molecule has 0 aliphatic rings. The zero-order chi connectivity index (χ0) is 22.6. The van der Waals surface area contributed by atoms with Gasteiger partial charge in [0, 0.05) is 29.6 Å². The predicted octanol–water partition coefficient (Wildman–Crippen LogP) is 3.76. The van der Waals surface area contributed by atoms with Gasteiger partial charge in [-0.2, -0.15) is 13.2 Å². The number of esters is 1. The lowest BCUT2D eigenvalue weighted by molar-refractivity contribution is -0.141. The molecular formula is C22H19F3N2O4. The highest BCUT2D eigenvalue weighted by atomic mass is 19.4. The van der Waals surface area contributed by atoms with Crippen molar-refractivity contribution in [3.05, 3.63) is 76.2 Å². The zero-order valence-corrected chi connectivity index (χ0v) is 16.5. The second-order valence-corrected chi connectivity index (χ2v) is 6.84. The summed E-state index contributed by atoms with van der Waals surface area (Å²) in [5.74, 6) is -0.863. The van der Waals surface area contributed by atoms with E-state index in [2.05, 4.69) is 5.32 Å². The molecule has 3 rings (SSSR count). The van der Waals surface area contributed by atoms with E-state index >= 15 is 0 Å². The van der Waals surface area contributed by atoms with Crippen LogP contribution in [-0.4, -0.2) is 23.1 Å². The molecule has 0 aliphatic heterocycles. The normalized spacial score (nSPS) is 11.4. The highest BCUT2D eigenvalue weighted by molar-refractivity contribution is 6.02. The van der Waals surface area contributed by atoms with Gasteiger partial charge in [0.25, 0.3) is 5.56 Å². The number of nitrogens with zero attached hydrogens (tertiary/aromatic N) is 1. The Morgan fingerprint density at radius 3 is 2.39 bits per heavy atom. The molecule has 0 bridgehead atoms. The summed E-state index contributed by atoms with van der Waals surface area (Å²) in [5, 5.41) is 3.60. The molecule has 3 aromatic rings. The molecule has 6 nitrogen and oxygen atoms in total. The first-order valence-electron chi connectivity index (χ1n) is 9.36. The van der Waals surface area contributed by atoms with Crippen LogP contribution in [0.4, 0.5) is 18.9 Å². The van der Waals surface area contributed by atoms with E-state index in [1.807, 2.05) is 0 Å². The Morgan fingerprint density at radius 1 is 1.03 bits per heavy atom. The molecule has 1 heterocycles. The number of amides is 1. The molecule has 9 heteroatoms. The fourth-order valence-electron chi connectivity index (χ4n) is 3.08. The number of hydrogen-bond acceptors (Lipinski definition) is 4. The molecular weight excluding hydrogens is 413 g/mol. The summed E-state index contributed by atoms with van der Waals surface area (Å²) in [6.07, 6.45) is -3.01. The Morgan fingerprint density at radius 2 is 1.74 bits per heavy atom. The number of fused-ring (bicyclic) bond motifs is 1. The number of benzene rings is 2. The van der Waals surface area contributed by atoms with Crippen LogP contribution in [0.3, 0.4) is 0 Å². The van der Waals surface area contributed by atoms with Gasteiger partial charge in [0.1, 0.15) is 6.61 Å². The number of anilines is 1. The van der Waals surface area contributed by atoms with E-state index < -0.39 is 23.6 Å². The van der Waals surface area contributed by atoms with Crippen LogP contribution in [-0.2, 0) is 33.5 Å². The number of hydrogen-bond donors (Lipinski definition) is 1. The molecule has 0 radical (unpaired) electrons. The van der Waals surface area contributed by atoms with Crippen LogP contribution in [0.2, 0.25) is 0 Å². The Kier molecular flexibility index (Phi) is 6.43. The lowest BCUT2D eigenvalue weighted by Crippen LogP contribution is -2.23. The van der Waals surface area contributed by atoms with Gasteiger partial charge in [-0.3, -0.25) is 14.4 Å². The maximum Gasteiger partial charge on any atom is 0.416 e. The van der Waals surface area contributed by atoms with Crippen LogP contribution < -0.4 is 10.9 Å². The highest BCUT2D eigenvalue weighted by Gasteiger charge is 2.30. The molecule has 0 saturated heterocycles. The van der Waals surface area contributed by atoms with E-state index in [9.17, 15) is 27.6 Å². The Bertz CT molecular complexity index is 1170. The molecule has 31 heavy (non-hydrogen) atoms. The number of halogens is 3. The number of aromatic nitrogens is 1. The van der Waals surface area contributed by atoms with Crippen molar-refractivity contribution in [1.29, 1.82) is 0 Å².